The Hall–Kier alpha value is -2.05. The first-order chi connectivity index (χ1) is 16.1. The minimum Gasteiger partial charge on any atom is -0.405 e. The van der Waals surface area contributed by atoms with E-state index in [-0.39, 0.29) is 18.1 Å². The van der Waals surface area contributed by atoms with Crippen LogP contribution in [0, 0.1) is 3.57 Å². The number of nitrogens with one attached hydrogen (secondary N) is 1. The molecule has 0 spiro atoms. The second kappa shape index (κ2) is 9.90. The molecule has 34 heavy (non-hydrogen) atoms. The molecule has 3 aromatic rings. The molecule has 2 heterocycles. The van der Waals surface area contributed by atoms with Gasteiger partial charge in [0.05, 0.1) is 16.3 Å². The fraction of sp³-hybridized carbons (Fsp3) is 0.360. The van der Waals surface area contributed by atoms with Gasteiger partial charge in [0.25, 0.3) is 13.9 Å². The van der Waals surface area contributed by atoms with Crippen molar-refractivity contribution in [2.45, 2.75) is 50.7 Å². The highest BCUT2D eigenvalue weighted by atomic mass is 127. The summed E-state index contributed by atoms with van der Waals surface area (Å²) in [6, 6.07) is 20.5. The van der Waals surface area contributed by atoms with Crippen molar-refractivity contribution in [3.05, 3.63) is 91.3 Å². The number of aromatic nitrogens is 2. The molecule has 2 aromatic carbocycles. The van der Waals surface area contributed by atoms with E-state index in [1.165, 1.54) is 10.8 Å². The quantitative estimate of drug-likeness (QED) is 0.339. The standard InChI is InChI=1S/C25H29IN2O5Si/c1-25(2,3)34(17-10-6-4-7-11-17,18-12-8-5-9-13-18)32-16-21-20(29)14-22(33-21)28-15-19(26)23(30)27-24(28)31/h4-13,15,20-22,29H,14,16H2,1-3H3,(H,27,30,31)/t20-,21-,22-/m1/s1. The van der Waals surface area contributed by atoms with Crippen molar-refractivity contribution in [1.29, 1.82) is 0 Å². The molecular weight excluding hydrogens is 563 g/mol. The maximum absolute atomic E-state index is 12.3. The number of hydrogen-bond acceptors (Lipinski definition) is 5. The van der Waals surface area contributed by atoms with Gasteiger partial charge in [-0.3, -0.25) is 14.3 Å². The zero-order chi connectivity index (χ0) is 24.5. The second-order valence-electron chi connectivity index (χ2n) is 9.55. The largest absolute Gasteiger partial charge is 0.405 e. The Kier molecular flexibility index (Phi) is 7.29. The van der Waals surface area contributed by atoms with Gasteiger partial charge in [-0.2, -0.15) is 0 Å². The zero-order valence-electron chi connectivity index (χ0n) is 19.4. The van der Waals surface area contributed by atoms with Crippen LogP contribution in [0.4, 0.5) is 0 Å². The van der Waals surface area contributed by atoms with Gasteiger partial charge in [0, 0.05) is 12.6 Å². The number of rotatable bonds is 6. The lowest BCUT2D eigenvalue weighted by Crippen LogP contribution is -2.67. The molecule has 4 rings (SSSR count). The van der Waals surface area contributed by atoms with Crippen LogP contribution >= 0.6 is 22.6 Å². The number of aliphatic hydroxyl groups is 1. The predicted octanol–water partition coefficient (Wildman–Crippen LogP) is 2.37. The maximum atomic E-state index is 12.3. The number of aromatic amines is 1. The molecule has 0 amide bonds. The summed E-state index contributed by atoms with van der Waals surface area (Å²) in [5.74, 6) is 0. The van der Waals surface area contributed by atoms with Crippen LogP contribution in [-0.2, 0) is 9.16 Å². The average molecular weight is 593 g/mol. The zero-order valence-corrected chi connectivity index (χ0v) is 22.6. The molecular formula is C25H29IN2O5Si. The van der Waals surface area contributed by atoms with Crippen LogP contribution in [0.25, 0.3) is 0 Å². The molecule has 7 nitrogen and oxygen atoms in total. The lowest BCUT2D eigenvalue weighted by atomic mass is 10.2. The molecule has 1 aromatic heterocycles. The van der Waals surface area contributed by atoms with Gasteiger partial charge >= 0.3 is 5.69 Å². The van der Waals surface area contributed by atoms with Crippen LogP contribution in [0.5, 0.6) is 0 Å². The average Bonchev–Trinajstić information content (AvgIpc) is 3.17. The maximum Gasteiger partial charge on any atom is 0.330 e. The van der Waals surface area contributed by atoms with E-state index in [1.807, 2.05) is 59.0 Å². The molecule has 0 aliphatic carbocycles. The molecule has 1 saturated heterocycles. The summed E-state index contributed by atoms with van der Waals surface area (Å²) in [7, 11) is -2.78. The van der Waals surface area contributed by atoms with E-state index in [0.29, 0.717) is 3.57 Å². The van der Waals surface area contributed by atoms with Crippen molar-refractivity contribution in [2.75, 3.05) is 6.61 Å². The lowest BCUT2D eigenvalue weighted by molar-refractivity contribution is -0.0427. The Bertz CT molecular complexity index is 1200. The highest BCUT2D eigenvalue weighted by molar-refractivity contribution is 14.1. The molecule has 0 bridgehead atoms. The Morgan fingerprint density at radius 1 is 1.09 bits per heavy atom. The Balaban J connectivity index is 1.66. The summed E-state index contributed by atoms with van der Waals surface area (Å²) in [5.41, 5.74) is -0.997. The van der Waals surface area contributed by atoms with Gasteiger partial charge in [0.1, 0.15) is 12.3 Å². The van der Waals surface area contributed by atoms with Crippen LogP contribution in [0.3, 0.4) is 0 Å². The summed E-state index contributed by atoms with van der Waals surface area (Å²) < 4.78 is 14.7. The van der Waals surface area contributed by atoms with Crippen molar-refractivity contribution in [3.8, 4) is 0 Å². The molecule has 180 valence electrons. The fourth-order valence-corrected chi connectivity index (χ4v) is 9.68. The van der Waals surface area contributed by atoms with Crippen LogP contribution in [0.15, 0.2) is 76.4 Å². The minimum absolute atomic E-state index is 0.181. The van der Waals surface area contributed by atoms with Crippen LogP contribution in [-0.4, -0.2) is 41.8 Å². The number of hydrogen-bond donors (Lipinski definition) is 2. The Labute approximate surface area is 213 Å². The highest BCUT2D eigenvalue weighted by Crippen LogP contribution is 2.38. The highest BCUT2D eigenvalue weighted by Gasteiger charge is 2.51. The fourth-order valence-electron chi connectivity index (χ4n) is 4.68. The van der Waals surface area contributed by atoms with Crippen LogP contribution < -0.4 is 21.6 Å². The van der Waals surface area contributed by atoms with Gasteiger partial charge in [0.15, 0.2) is 0 Å². The molecule has 9 heteroatoms. The second-order valence-corrected chi connectivity index (χ2v) is 15.0. The molecule has 0 saturated carbocycles. The summed E-state index contributed by atoms with van der Waals surface area (Å²) in [5, 5.41) is 12.9. The van der Waals surface area contributed by atoms with Crippen molar-refractivity contribution in [1.82, 2.24) is 9.55 Å². The monoisotopic (exact) mass is 592 g/mol. The summed E-state index contributed by atoms with van der Waals surface area (Å²) >= 11 is 1.87. The van der Waals surface area contributed by atoms with E-state index in [2.05, 4.69) is 50.0 Å². The van der Waals surface area contributed by atoms with Gasteiger partial charge in [-0.25, -0.2) is 4.79 Å². The third-order valence-corrected chi connectivity index (χ3v) is 12.1. The molecule has 2 N–H and O–H groups in total. The molecule has 0 unspecified atom stereocenters. The van der Waals surface area contributed by atoms with Gasteiger partial charge in [-0.1, -0.05) is 81.4 Å². The normalized spacial score (nSPS) is 21.0. The van der Waals surface area contributed by atoms with Crippen molar-refractivity contribution in [2.24, 2.45) is 0 Å². The van der Waals surface area contributed by atoms with Gasteiger partial charge in [-0.15, -0.1) is 0 Å². The van der Waals surface area contributed by atoms with Gasteiger partial charge in [0.2, 0.25) is 0 Å². The molecule has 1 fully saturated rings. The number of H-pyrrole nitrogens is 1. The summed E-state index contributed by atoms with van der Waals surface area (Å²) in [6.45, 7) is 6.75. The number of halogens is 1. The van der Waals surface area contributed by atoms with E-state index < -0.39 is 38.0 Å². The Morgan fingerprint density at radius 3 is 2.18 bits per heavy atom. The number of benzene rings is 2. The van der Waals surface area contributed by atoms with E-state index in [9.17, 15) is 14.7 Å². The van der Waals surface area contributed by atoms with Gasteiger partial charge in [-0.05, 0) is 38.0 Å². The minimum atomic E-state index is -2.78. The third kappa shape index (κ3) is 4.72. The molecule has 3 atom stereocenters. The number of aliphatic hydroxyl groups excluding tert-OH is 1. The van der Waals surface area contributed by atoms with E-state index >= 15 is 0 Å². The van der Waals surface area contributed by atoms with Gasteiger partial charge < -0.3 is 14.3 Å². The predicted molar refractivity (Wildman–Crippen MR) is 142 cm³/mol. The summed E-state index contributed by atoms with van der Waals surface area (Å²) in [4.78, 5) is 26.4. The van der Waals surface area contributed by atoms with Crippen LogP contribution in [0.1, 0.15) is 33.4 Å². The molecule has 1 aliphatic heterocycles. The number of nitrogens with zero attached hydrogens (tertiary/aromatic N) is 1. The first-order valence-corrected chi connectivity index (χ1v) is 14.2. The van der Waals surface area contributed by atoms with E-state index in [4.69, 9.17) is 9.16 Å². The SMILES string of the molecule is CC(C)(C)[Si](OC[C@H]1O[C@@H](n2cc(I)c(=O)[nH]c2=O)C[C@H]1O)(c1ccccc1)c1ccccc1. The molecule has 1 aliphatic rings. The number of ether oxygens (including phenoxy) is 1. The third-order valence-electron chi connectivity index (χ3n) is 6.32. The smallest absolute Gasteiger partial charge is 0.330 e. The Morgan fingerprint density at radius 2 is 1.65 bits per heavy atom. The van der Waals surface area contributed by atoms with Crippen molar-refractivity contribution < 1.29 is 14.3 Å². The topological polar surface area (TPSA) is 93.5 Å². The summed E-state index contributed by atoms with van der Waals surface area (Å²) in [6.07, 6.45) is -0.398. The van der Waals surface area contributed by atoms with E-state index in [1.54, 1.807) is 0 Å². The van der Waals surface area contributed by atoms with Crippen molar-refractivity contribution in [3.63, 3.8) is 0 Å². The van der Waals surface area contributed by atoms with E-state index in [0.717, 1.165) is 10.4 Å². The molecule has 0 radical (unpaired) electrons. The first-order valence-electron chi connectivity index (χ1n) is 11.2. The van der Waals surface area contributed by atoms with Crippen molar-refractivity contribution >= 4 is 41.3 Å². The lowest BCUT2D eigenvalue weighted by Gasteiger charge is -2.43. The van der Waals surface area contributed by atoms with Crippen LogP contribution in [0.2, 0.25) is 5.04 Å². The first kappa shape index (κ1) is 25.1.